The summed E-state index contributed by atoms with van der Waals surface area (Å²) in [6.45, 7) is 3.74. The van der Waals surface area contributed by atoms with E-state index in [1.165, 1.54) is 0 Å². The number of hydrogen-bond acceptors (Lipinski definition) is 2. The molecule has 2 atom stereocenters. The molecule has 1 aromatic rings. The average Bonchev–Trinajstić information content (AvgIpc) is 2.27. The van der Waals surface area contributed by atoms with E-state index in [0.29, 0.717) is 12.8 Å². The molecular weight excluding hydrogens is 212 g/mol. The van der Waals surface area contributed by atoms with Crippen LogP contribution in [0, 0.1) is 5.92 Å². The molecule has 0 saturated heterocycles. The Labute approximate surface area is 102 Å². The highest BCUT2D eigenvalue weighted by Gasteiger charge is 2.37. The smallest absolute Gasteiger partial charge is 0.159 e. The third-order valence-electron chi connectivity index (χ3n) is 3.60. The van der Waals surface area contributed by atoms with Crippen LogP contribution in [0.15, 0.2) is 35.9 Å². The Morgan fingerprint density at radius 1 is 1.35 bits per heavy atom. The van der Waals surface area contributed by atoms with Gasteiger partial charge in [-0.1, -0.05) is 37.3 Å². The molecule has 0 radical (unpaired) electrons. The highest BCUT2D eigenvalue weighted by molar-refractivity contribution is 6.00. The maximum Gasteiger partial charge on any atom is 0.159 e. The van der Waals surface area contributed by atoms with Crippen molar-refractivity contribution in [2.45, 2.75) is 32.3 Å². The fourth-order valence-electron chi connectivity index (χ4n) is 2.17. The molecular formula is C15H18O2. The van der Waals surface area contributed by atoms with E-state index in [1.54, 1.807) is 0 Å². The molecule has 1 aliphatic rings. The number of carbonyl (C=O) groups excluding carboxylic acids is 1. The summed E-state index contributed by atoms with van der Waals surface area (Å²) >= 11 is 0. The van der Waals surface area contributed by atoms with Crippen LogP contribution in [-0.2, 0) is 4.79 Å². The van der Waals surface area contributed by atoms with Gasteiger partial charge in [0.05, 0.1) is 5.60 Å². The van der Waals surface area contributed by atoms with Gasteiger partial charge in [-0.05, 0) is 30.1 Å². The minimum Gasteiger partial charge on any atom is -0.390 e. The summed E-state index contributed by atoms with van der Waals surface area (Å²) in [6.07, 6.45) is 2.77. The molecule has 90 valence electrons. The molecule has 2 rings (SSSR count). The van der Waals surface area contributed by atoms with Crippen molar-refractivity contribution in [3.8, 4) is 0 Å². The maximum atomic E-state index is 11.9. The number of carbonyl (C=O) groups is 1. The van der Waals surface area contributed by atoms with Crippen LogP contribution in [0.3, 0.4) is 0 Å². The van der Waals surface area contributed by atoms with Gasteiger partial charge in [0.1, 0.15) is 0 Å². The summed E-state index contributed by atoms with van der Waals surface area (Å²) in [5.74, 6) is 0.191. The van der Waals surface area contributed by atoms with E-state index >= 15 is 0 Å². The van der Waals surface area contributed by atoms with Crippen LogP contribution in [0.5, 0.6) is 0 Å². The van der Waals surface area contributed by atoms with Gasteiger partial charge in [0.2, 0.25) is 0 Å². The minimum absolute atomic E-state index is 0.0305. The number of benzene rings is 1. The van der Waals surface area contributed by atoms with Crippen LogP contribution < -0.4 is 0 Å². The number of ketones is 1. The summed E-state index contributed by atoms with van der Waals surface area (Å²) in [7, 11) is 0. The van der Waals surface area contributed by atoms with Gasteiger partial charge in [0, 0.05) is 12.8 Å². The Hall–Kier alpha value is -1.41. The summed E-state index contributed by atoms with van der Waals surface area (Å²) < 4.78 is 0. The first-order chi connectivity index (χ1) is 7.99. The summed E-state index contributed by atoms with van der Waals surface area (Å²) in [6, 6.07) is 9.77. The van der Waals surface area contributed by atoms with E-state index in [9.17, 15) is 9.90 Å². The molecule has 2 unspecified atom stereocenters. The lowest BCUT2D eigenvalue weighted by atomic mass is 9.74. The van der Waals surface area contributed by atoms with E-state index in [2.05, 4.69) is 0 Å². The second kappa shape index (κ2) is 4.46. The number of hydrogen-bond donors (Lipinski definition) is 1. The van der Waals surface area contributed by atoms with Crippen LogP contribution in [0.4, 0.5) is 0 Å². The van der Waals surface area contributed by atoms with Gasteiger partial charge in [-0.2, -0.15) is 0 Å². The second-order valence-electron chi connectivity index (χ2n) is 5.14. The molecule has 1 saturated carbocycles. The zero-order valence-electron chi connectivity index (χ0n) is 10.3. The first-order valence-corrected chi connectivity index (χ1v) is 6.00. The molecule has 1 fully saturated rings. The lowest BCUT2D eigenvalue weighted by Crippen LogP contribution is -2.40. The SMILES string of the molecule is CC1CC(=O)/C(=C/c2ccccc2)CC1(C)O. The molecule has 2 heteroatoms. The monoisotopic (exact) mass is 230 g/mol. The topological polar surface area (TPSA) is 37.3 Å². The molecule has 0 bridgehead atoms. The molecule has 0 spiro atoms. The lowest BCUT2D eigenvalue weighted by Gasteiger charge is -2.35. The van der Waals surface area contributed by atoms with Gasteiger partial charge >= 0.3 is 0 Å². The minimum atomic E-state index is -0.769. The number of rotatable bonds is 1. The Balaban J connectivity index is 2.27. The van der Waals surface area contributed by atoms with E-state index in [4.69, 9.17) is 0 Å². The van der Waals surface area contributed by atoms with Crippen molar-refractivity contribution in [3.05, 3.63) is 41.5 Å². The molecule has 17 heavy (non-hydrogen) atoms. The van der Waals surface area contributed by atoms with E-state index in [1.807, 2.05) is 50.3 Å². The third-order valence-corrected chi connectivity index (χ3v) is 3.60. The van der Waals surface area contributed by atoms with Gasteiger partial charge in [-0.3, -0.25) is 4.79 Å². The Kier molecular flexibility index (Phi) is 3.16. The van der Waals surface area contributed by atoms with Crippen LogP contribution in [0.2, 0.25) is 0 Å². The molecule has 1 aliphatic carbocycles. The Morgan fingerprint density at radius 2 is 2.00 bits per heavy atom. The average molecular weight is 230 g/mol. The quantitative estimate of drug-likeness (QED) is 0.753. The summed E-state index contributed by atoms with van der Waals surface area (Å²) in [4.78, 5) is 11.9. The molecule has 1 N–H and O–H groups in total. The molecule has 0 heterocycles. The van der Waals surface area contributed by atoms with Gasteiger partial charge in [-0.25, -0.2) is 0 Å². The second-order valence-corrected chi connectivity index (χ2v) is 5.14. The largest absolute Gasteiger partial charge is 0.390 e. The number of aliphatic hydroxyl groups is 1. The Bertz CT molecular complexity index is 443. The molecule has 0 aliphatic heterocycles. The highest BCUT2D eigenvalue weighted by Crippen LogP contribution is 2.35. The zero-order chi connectivity index (χ0) is 12.5. The highest BCUT2D eigenvalue weighted by atomic mass is 16.3. The van der Waals surface area contributed by atoms with Crippen molar-refractivity contribution in [3.63, 3.8) is 0 Å². The first kappa shape index (κ1) is 12.1. The molecule has 0 aromatic heterocycles. The molecule has 1 aromatic carbocycles. The van der Waals surface area contributed by atoms with Crippen molar-refractivity contribution in [1.29, 1.82) is 0 Å². The van der Waals surface area contributed by atoms with Crippen molar-refractivity contribution >= 4 is 11.9 Å². The first-order valence-electron chi connectivity index (χ1n) is 6.00. The van der Waals surface area contributed by atoms with Gasteiger partial charge in [-0.15, -0.1) is 0 Å². The maximum absolute atomic E-state index is 11.9. The standard InChI is InChI=1S/C15H18O2/c1-11-8-14(16)13(10-15(11,2)17)9-12-6-4-3-5-7-12/h3-7,9,11,17H,8,10H2,1-2H3/b13-9+. The van der Waals surface area contributed by atoms with Gasteiger partial charge < -0.3 is 5.11 Å². The van der Waals surface area contributed by atoms with Crippen LogP contribution in [0.25, 0.3) is 6.08 Å². The fraction of sp³-hybridized carbons (Fsp3) is 0.400. The van der Waals surface area contributed by atoms with Crippen LogP contribution in [-0.4, -0.2) is 16.5 Å². The van der Waals surface area contributed by atoms with Crippen molar-refractivity contribution < 1.29 is 9.90 Å². The fourth-order valence-corrected chi connectivity index (χ4v) is 2.17. The predicted octanol–water partition coefficient (Wildman–Crippen LogP) is 2.82. The van der Waals surface area contributed by atoms with Crippen molar-refractivity contribution in [1.82, 2.24) is 0 Å². The van der Waals surface area contributed by atoms with Crippen molar-refractivity contribution in [2.24, 2.45) is 5.92 Å². The Morgan fingerprint density at radius 3 is 2.65 bits per heavy atom. The van der Waals surface area contributed by atoms with E-state index in [-0.39, 0.29) is 11.7 Å². The summed E-state index contributed by atoms with van der Waals surface area (Å²) in [5.41, 5.74) is 0.981. The normalized spacial score (nSPS) is 31.8. The molecule has 0 amide bonds. The lowest BCUT2D eigenvalue weighted by molar-refractivity contribution is -0.122. The van der Waals surface area contributed by atoms with Crippen molar-refractivity contribution in [2.75, 3.05) is 0 Å². The third kappa shape index (κ3) is 2.64. The van der Waals surface area contributed by atoms with Gasteiger partial charge in [0.15, 0.2) is 5.78 Å². The number of Topliss-reactive ketones (excluding diaryl/α,β-unsaturated/α-hetero) is 1. The van der Waals surface area contributed by atoms with Crippen LogP contribution >= 0.6 is 0 Å². The van der Waals surface area contributed by atoms with Gasteiger partial charge in [0.25, 0.3) is 0 Å². The summed E-state index contributed by atoms with van der Waals surface area (Å²) in [5, 5.41) is 10.2. The van der Waals surface area contributed by atoms with E-state index in [0.717, 1.165) is 11.1 Å². The predicted molar refractivity (Wildman–Crippen MR) is 68.4 cm³/mol. The van der Waals surface area contributed by atoms with E-state index < -0.39 is 5.60 Å². The van der Waals surface area contributed by atoms with Crippen LogP contribution in [0.1, 0.15) is 32.3 Å². The zero-order valence-corrected chi connectivity index (χ0v) is 10.3. The molecule has 2 nitrogen and oxygen atoms in total.